The van der Waals surface area contributed by atoms with Crippen LogP contribution in [0.3, 0.4) is 0 Å². The number of aromatic nitrogens is 1. The third-order valence-corrected chi connectivity index (χ3v) is 5.39. The summed E-state index contributed by atoms with van der Waals surface area (Å²) >= 11 is 0. The second-order valence-corrected chi connectivity index (χ2v) is 6.83. The summed E-state index contributed by atoms with van der Waals surface area (Å²) in [4.78, 5) is 21.4. The first kappa shape index (κ1) is 15.1. The van der Waals surface area contributed by atoms with E-state index in [0.29, 0.717) is 5.82 Å². The molecule has 124 valence electrons. The van der Waals surface area contributed by atoms with E-state index in [4.69, 9.17) is 5.73 Å². The molecule has 1 spiro atoms. The summed E-state index contributed by atoms with van der Waals surface area (Å²) in [6, 6.07) is 12.1. The minimum Gasteiger partial charge on any atom is -0.383 e. The molecule has 2 aliphatic rings. The Morgan fingerprint density at radius 1 is 1.25 bits per heavy atom. The zero-order valence-corrected chi connectivity index (χ0v) is 13.9. The van der Waals surface area contributed by atoms with E-state index >= 15 is 0 Å². The van der Waals surface area contributed by atoms with Crippen molar-refractivity contribution in [1.82, 2.24) is 9.88 Å². The van der Waals surface area contributed by atoms with E-state index in [1.54, 1.807) is 6.20 Å². The maximum absolute atomic E-state index is 13.1. The first-order chi connectivity index (χ1) is 11.6. The monoisotopic (exact) mass is 322 g/mol. The van der Waals surface area contributed by atoms with Crippen molar-refractivity contribution >= 4 is 17.4 Å². The maximum atomic E-state index is 13.1. The number of piperidine rings is 1. The molecular formula is C19H22N4O. The summed E-state index contributed by atoms with van der Waals surface area (Å²) in [5.74, 6) is 0.792. The van der Waals surface area contributed by atoms with Crippen molar-refractivity contribution in [2.75, 3.05) is 30.8 Å². The number of carbonyl (C=O) groups is 1. The van der Waals surface area contributed by atoms with Crippen molar-refractivity contribution in [1.29, 1.82) is 0 Å². The number of nitrogens with two attached hydrogens (primary N) is 1. The third-order valence-electron chi connectivity index (χ3n) is 5.39. The molecule has 0 bridgehead atoms. The quantitative estimate of drug-likeness (QED) is 0.920. The van der Waals surface area contributed by atoms with Crippen LogP contribution in [0.4, 0.5) is 11.5 Å². The van der Waals surface area contributed by atoms with E-state index in [9.17, 15) is 4.79 Å². The molecule has 0 radical (unpaired) electrons. The molecule has 5 heteroatoms. The Kier molecular flexibility index (Phi) is 3.53. The van der Waals surface area contributed by atoms with Gasteiger partial charge in [-0.05, 0) is 37.1 Å². The average molecular weight is 322 g/mol. The van der Waals surface area contributed by atoms with Crippen LogP contribution in [0.15, 0.2) is 42.6 Å². The van der Waals surface area contributed by atoms with Crippen molar-refractivity contribution in [3.8, 4) is 0 Å². The van der Waals surface area contributed by atoms with Crippen LogP contribution in [0.2, 0.25) is 0 Å². The third kappa shape index (κ3) is 2.19. The van der Waals surface area contributed by atoms with Crippen LogP contribution in [-0.4, -0.2) is 35.9 Å². The van der Waals surface area contributed by atoms with E-state index < -0.39 is 5.41 Å². The normalized spacial score (nSPS) is 23.7. The fourth-order valence-electron chi connectivity index (χ4n) is 4.22. The molecule has 0 saturated carbocycles. The molecule has 0 unspecified atom stereocenters. The fraction of sp³-hybridized carbons (Fsp3) is 0.368. The molecule has 1 saturated heterocycles. The number of nitrogens with zero attached hydrogens (tertiary/aromatic N) is 3. The van der Waals surface area contributed by atoms with Crippen molar-refractivity contribution < 1.29 is 4.79 Å². The highest BCUT2D eigenvalue weighted by Gasteiger charge is 2.51. The van der Waals surface area contributed by atoms with Crippen LogP contribution in [0.1, 0.15) is 24.0 Å². The Labute approximate surface area is 142 Å². The molecular weight excluding hydrogens is 300 g/mol. The van der Waals surface area contributed by atoms with Gasteiger partial charge in [0, 0.05) is 37.6 Å². The molecule has 24 heavy (non-hydrogen) atoms. The molecule has 0 aliphatic carbocycles. The number of fused-ring (bicyclic) bond motifs is 2. The van der Waals surface area contributed by atoms with Gasteiger partial charge < -0.3 is 10.6 Å². The lowest BCUT2D eigenvalue weighted by molar-refractivity contribution is -0.125. The molecule has 1 fully saturated rings. The minimum absolute atomic E-state index is 0.215. The highest BCUT2D eigenvalue weighted by molar-refractivity contribution is 6.08. The first-order valence-corrected chi connectivity index (χ1v) is 8.41. The largest absolute Gasteiger partial charge is 0.383 e. The van der Waals surface area contributed by atoms with Gasteiger partial charge in [-0.15, -0.1) is 0 Å². The van der Waals surface area contributed by atoms with E-state index in [-0.39, 0.29) is 5.91 Å². The summed E-state index contributed by atoms with van der Waals surface area (Å²) in [5.41, 5.74) is 8.82. The van der Waals surface area contributed by atoms with Gasteiger partial charge in [-0.2, -0.15) is 0 Å². The number of likely N-dealkylation sites (tertiary alicyclic amines) is 1. The van der Waals surface area contributed by atoms with Crippen molar-refractivity contribution in [2.24, 2.45) is 0 Å². The number of hydrogen-bond donors (Lipinski definition) is 1. The van der Waals surface area contributed by atoms with E-state index in [1.807, 2.05) is 42.3 Å². The second kappa shape index (κ2) is 5.60. The summed E-state index contributed by atoms with van der Waals surface area (Å²) < 4.78 is 0. The Balaban J connectivity index is 1.65. The number of benzene rings is 1. The highest BCUT2D eigenvalue weighted by atomic mass is 16.2. The molecule has 5 nitrogen and oxygen atoms in total. The number of nitrogen functional groups attached to an aromatic ring is 1. The van der Waals surface area contributed by atoms with Gasteiger partial charge in [0.1, 0.15) is 5.82 Å². The van der Waals surface area contributed by atoms with Gasteiger partial charge in [0.25, 0.3) is 0 Å². The molecule has 1 aromatic heterocycles. The van der Waals surface area contributed by atoms with Crippen LogP contribution >= 0.6 is 0 Å². The van der Waals surface area contributed by atoms with Crippen molar-refractivity contribution in [3.05, 3.63) is 53.7 Å². The number of para-hydroxylation sites is 1. The Hall–Kier alpha value is -2.40. The molecule has 2 aliphatic heterocycles. The van der Waals surface area contributed by atoms with Crippen molar-refractivity contribution in [2.45, 2.75) is 24.8 Å². The number of rotatable bonds is 2. The van der Waals surface area contributed by atoms with E-state index in [0.717, 1.165) is 43.7 Å². The van der Waals surface area contributed by atoms with Crippen molar-refractivity contribution in [3.63, 3.8) is 0 Å². The van der Waals surface area contributed by atoms with Gasteiger partial charge in [0.2, 0.25) is 5.91 Å². The van der Waals surface area contributed by atoms with Gasteiger partial charge in [0.05, 0.1) is 5.41 Å². The average Bonchev–Trinajstić information content (AvgIpc) is 2.80. The molecule has 2 aromatic rings. The lowest BCUT2D eigenvalue weighted by atomic mass is 9.75. The molecule has 1 aromatic carbocycles. The van der Waals surface area contributed by atoms with Gasteiger partial charge in [0.15, 0.2) is 0 Å². The number of likely N-dealkylation sites (N-methyl/N-ethyl adjacent to an activating group) is 1. The fourth-order valence-corrected chi connectivity index (χ4v) is 4.22. The Morgan fingerprint density at radius 2 is 2.08 bits per heavy atom. The summed E-state index contributed by atoms with van der Waals surface area (Å²) in [6.07, 6.45) is 3.63. The zero-order chi connectivity index (χ0) is 16.7. The number of hydrogen-bond acceptors (Lipinski definition) is 4. The topological polar surface area (TPSA) is 62.5 Å². The molecule has 1 atom stereocenters. The summed E-state index contributed by atoms with van der Waals surface area (Å²) in [7, 11) is 1.88. The van der Waals surface area contributed by atoms with E-state index in [2.05, 4.69) is 16.0 Å². The number of anilines is 2. The minimum atomic E-state index is -0.416. The zero-order valence-electron chi connectivity index (χ0n) is 13.9. The van der Waals surface area contributed by atoms with Crippen LogP contribution in [-0.2, 0) is 16.8 Å². The Bertz CT molecular complexity index is 790. The standard InChI is InChI=1S/C19H22N4O/c1-22-16-8-3-2-7-15(16)19(18(22)24)9-5-11-23(13-19)12-14-6-4-10-21-17(14)20/h2-4,6-8,10H,5,9,11-13H2,1H3,(H2,20,21)/t19-/m1/s1. The summed E-state index contributed by atoms with van der Waals surface area (Å²) in [5, 5.41) is 0. The van der Waals surface area contributed by atoms with Gasteiger partial charge in [-0.25, -0.2) is 4.98 Å². The van der Waals surface area contributed by atoms with E-state index in [1.165, 1.54) is 5.56 Å². The van der Waals surface area contributed by atoms with Crippen LogP contribution < -0.4 is 10.6 Å². The highest BCUT2D eigenvalue weighted by Crippen LogP contribution is 2.46. The first-order valence-electron chi connectivity index (χ1n) is 8.41. The number of pyridine rings is 1. The molecule has 4 rings (SSSR count). The Morgan fingerprint density at radius 3 is 2.92 bits per heavy atom. The lowest BCUT2D eigenvalue weighted by Crippen LogP contribution is -2.51. The number of amides is 1. The predicted octanol–water partition coefficient (Wildman–Crippen LogP) is 2.17. The smallest absolute Gasteiger partial charge is 0.238 e. The van der Waals surface area contributed by atoms with Gasteiger partial charge in [-0.3, -0.25) is 9.69 Å². The second-order valence-electron chi connectivity index (χ2n) is 6.83. The SMILES string of the molecule is CN1C(=O)[C@@]2(CCCN(Cc3cccnc3N)C2)c2ccccc21. The predicted molar refractivity (Wildman–Crippen MR) is 94.7 cm³/mol. The molecule has 1 amide bonds. The van der Waals surface area contributed by atoms with Crippen LogP contribution in [0.5, 0.6) is 0 Å². The van der Waals surface area contributed by atoms with Crippen LogP contribution in [0.25, 0.3) is 0 Å². The lowest BCUT2D eigenvalue weighted by Gasteiger charge is -2.39. The number of carbonyl (C=O) groups excluding carboxylic acids is 1. The molecule has 3 heterocycles. The van der Waals surface area contributed by atoms with Gasteiger partial charge in [-0.1, -0.05) is 24.3 Å². The summed E-state index contributed by atoms with van der Waals surface area (Å²) in [6.45, 7) is 2.46. The maximum Gasteiger partial charge on any atom is 0.238 e. The molecule has 2 N–H and O–H groups in total. The van der Waals surface area contributed by atoms with Crippen LogP contribution in [0, 0.1) is 0 Å². The van der Waals surface area contributed by atoms with Gasteiger partial charge >= 0.3 is 0 Å².